The molecule has 2 aromatic rings. The first-order valence-corrected chi connectivity index (χ1v) is 6.49. The number of carbonyl (C=O) groups excluding carboxylic acids is 2. The van der Waals surface area contributed by atoms with E-state index in [2.05, 4.69) is 10.3 Å². The van der Waals surface area contributed by atoms with E-state index >= 15 is 0 Å². The van der Waals surface area contributed by atoms with Gasteiger partial charge in [0.05, 0.1) is 0 Å². The monoisotopic (exact) mass is 286 g/mol. The summed E-state index contributed by atoms with van der Waals surface area (Å²) in [7, 11) is 0. The molecule has 1 fully saturated rings. The van der Waals surface area contributed by atoms with E-state index in [-0.39, 0.29) is 5.91 Å². The van der Waals surface area contributed by atoms with Gasteiger partial charge in [0.2, 0.25) is 6.41 Å². The van der Waals surface area contributed by atoms with Crippen LogP contribution in [0.15, 0.2) is 24.4 Å². The van der Waals surface area contributed by atoms with Gasteiger partial charge in [-0.25, -0.2) is 4.98 Å². The maximum Gasteiger partial charge on any atom is 0.255 e. The number of nitrogens with zero attached hydrogens (tertiary/aromatic N) is 2. The Hall–Kier alpha value is -2.67. The van der Waals surface area contributed by atoms with Crippen LogP contribution in [0, 0.1) is 0 Å². The van der Waals surface area contributed by atoms with Gasteiger partial charge in [-0.05, 0) is 23.6 Å². The van der Waals surface area contributed by atoms with Crippen molar-refractivity contribution in [1.82, 2.24) is 4.98 Å². The lowest BCUT2D eigenvalue weighted by Gasteiger charge is -2.17. The van der Waals surface area contributed by atoms with Crippen molar-refractivity contribution < 1.29 is 14.7 Å². The normalized spacial score (nSPS) is 18.2. The van der Waals surface area contributed by atoms with Gasteiger partial charge in [0, 0.05) is 35.9 Å². The topological polar surface area (TPSA) is 109 Å². The number of benzene rings is 1. The molecule has 4 N–H and O–H groups in total. The molecular weight excluding hydrogens is 272 g/mol. The van der Waals surface area contributed by atoms with Crippen LogP contribution < -0.4 is 16.0 Å². The summed E-state index contributed by atoms with van der Waals surface area (Å²) in [5.74, 6) is 0.0795. The molecule has 3 rings (SSSR count). The van der Waals surface area contributed by atoms with E-state index in [1.807, 2.05) is 0 Å². The molecule has 1 aromatic heterocycles. The summed E-state index contributed by atoms with van der Waals surface area (Å²) in [5, 5.41) is 13.5. The Balaban J connectivity index is 2.08. The van der Waals surface area contributed by atoms with Crippen molar-refractivity contribution in [3.05, 3.63) is 24.4 Å². The number of anilines is 3. The van der Waals surface area contributed by atoms with E-state index in [1.165, 1.54) is 4.90 Å². The molecule has 0 spiro atoms. The summed E-state index contributed by atoms with van der Waals surface area (Å²) in [5.41, 5.74) is 7.12. The number of aliphatic hydroxyl groups excluding tert-OH is 1. The van der Waals surface area contributed by atoms with Gasteiger partial charge in [0.15, 0.2) is 0 Å². The molecule has 7 heteroatoms. The van der Waals surface area contributed by atoms with Gasteiger partial charge in [-0.2, -0.15) is 0 Å². The van der Waals surface area contributed by atoms with Gasteiger partial charge in [-0.1, -0.05) is 0 Å². The van der Waals surface area contributed by atoms with Crippen molar-refractivity contribution in [3.8, 4) is 0 Å². The van der Waals surface area contributed by atoms with Crippen molar-refractivity contribution in [2.75, 3.05) is 22.5 Å². The number of nitrogens with one attached hydrogen (secondary N) is 1. The minimum absolute atomic E-state index is 0.325. The lowest BCUT2D eigenvalue weighted by molar-refractivity contribution is -0.124. The summed E-state index contributed by atoms with van der Waals surface area (Å²) >= 11 is 0. The molecule has 0 saturated carbocycles. The number of rotatable bonds is 3. The zero-order valence-electron chi connectivity index (χ0n) is 11.1. The highest BCUT2D eigenvalue weighted by molar-refractivity contribution is 6.03. The minimum Gasteiger partial charge on any atom is -0.398 e. The molecule has 1 aliphatic heterocycles. The fourth-order valence-electron chi connectivity index (χ4n) is 2.49. The molecular formula is C14H14N4O3. The quantitative estimate of drug-likeness (QED) is 0.562. The second-order valence-electron chi connectivity index (χ2n) is 4.88. The van der Waals surface area contributed by atoms with E-state index in [1.54, 1.807) is 24.4 Å². The fraction of sp³-hybridized carbons (Fsp3) is 0.214. The molecule has 0 radical (unpaired) electrons. The van der Waals surface area contributed by atoms with Gasteiger partial charge in [0.1, 0.15) is 11.9 Å². The zero-order chi connectivity index (χ0) is 15.0. The molecule has 2 amide bonds. The Morgan fingerprint density at radius 3 is 2.90 bits per heavy atom. The van der Waals surface area contributed by atoms with Crippen LogP contribution in [0.5, 0.6) is 0 Å². The van der Waals surface area contributed by atoms with Crippen molar-refractivity contribution in [2.45, 2.75) is 12.5 Å². The minimum atomic E-state index is -0.952. The summed E-state index contributed by atoms with van der Waals surface area (Å²) in [6.07, 6.45) is 1.57. The second kappa shape index (κ2) is 5.02. The summed E-state index contributed by atoms with van der Waals surface area (Å²) in [4.78, 5) is 27.9. The number of nitrogens with two attached hydrogens (primary N) is 1. The van der Waals surface area contributed by atoms with Crippen LogP contribution in [-0.2, 0) is 9.59 Å². The number of amides is 2. The summed E-state index contributed by atoms with van der Waals surface area (Å²) < 4.78 is 0. The Bertz CT molecular complexity index is 731. The number of aromatic nitrogens is 1. The number of hydrogen-bond acceptors (Lipinski definition) is 5. The van der Waals surface area contributed by atoms with Gasteiger partial charge < -0.3 is 21.1 Å². The maximum absolute atomic E-state index is 11.9. The van der Waals surface area contributed by atoms with E-state index in [9.17, 15) is 14.7 Å². The lowest BCUT2D eigenvalue weighted by atomic mass is 10.1. The molecule has 1 aromatic carbocycles. The molecule has 7 nitrogen and oxygen atoms in total. The predicted octanol–water partition coefficient (Wildman–Crippen LogP) is 0.483. The molecule has 1 unspecified atom stereocenters. The number of pyridine rings is 1. The lowest BCUT2D eigenvalue weighted by Crippen LogP contribution is -2.29. The third-order valence-corrected chi connectivity index (χ3v) is 3.55. The molecule has 1 atom stereocenters. The number of hydrogen-bond donors (Lipinski definition) is 3. The summed E-state index contributed by atoms with van der Waals surface area (Å²) in [6.45, 7) is 0.454. The number of carbonyl (C=O) groups is 2. The first kappa shape index (κ1) is 13.3. The average Bonchev–Trinajstić information content (AvgIpc) is 2.79. The van der Waals surface area contributed by atoms with Crippen LogP contribution in [0.4, 0.5) is 17.2 Å². The van der Waals surface area contributed by atoms with Crippen LogP contribution in [0.25, 0.3) is 10.8 Å². The molecule has 1 saturated heterocycles. The van der Waals surface area contributed by atoms with Crippen LogP contribution >= 0.6 is 0 Å². The van der Waals surface area contributed by atoms with Crippen molar-refractivity contribution in [1.29, 1.82) is 0 Å². The predicted molar refractivity (Wildman–Crippen MR) is 78.8 cm³/mol. The van der Waals surface area contributed by atoms with Gasteiger partial charge in [-0.15, -0.1) is 0 Å². The molecule has 2 heterocycles. The van der Waals surface area contributed by atoms with Crippen LogP contribution in [0.1, 0.15) is 6.42 Å². The van der Waals surface area contributed by atoms with Gasteiger partial charge >= 0.3 is 0 Å². The molecule has 108 valence electrons. The Kier molecular flexibility index (Phi) is 3.19. The summed E-state index contributed by atoms with van der Waals surface area (Å²) in [6, 6.07) is 5.16. The van der Waals surface area contributed by atoms with Gasteiger partial charge in [-0.3, -0.25) is 9.59 Å². The standard InChI is InChI=1S/C14H14N4O3/c15-11-5-9(18-2-1-12(20)14(18)21)3-8-4-13(17-7-19)16-6-10(8)11/h3-7,12,20H,1-2,15H2,(H,16,17,19). The Morgan fingerprint density at radius 2 is 2.24 bits per heavy atom. The average molecular weight is 286 g/mol. The highest BCUT2D eigenvalue weighted by atomic mass is 16.3. The van der Waals surface area contributed by atoms with E-state index in [0.29, 0.717) is 36.6 Å². The van der Waals surface area contributed by atoms with E-state index < -0.39 is 6.10 Å². The van der Waals surface area contributed by atoms with E-state index in [0.717, 1.165) is 10.8 Å². The second-order valence-corrected chi connectivity index (χ2v) is 4.88. The number of aliphatic hydroxyl groups is 1. The SMILES string of the molecule is Nc1cc(N2CCC(O)C2=O)cc2cc(NC=O)ncc12. The first-order chi connectivity index (χ1) is 10.1. The Morgan fingerprint density at radius 1 is 1.43 bits per heavy atom. The molecule has 1 aliphatic rings. The molecule has 0 aliphatic carbocycles. The Labute approximate surface area is 120 Å². The highest BCUT2D eigenvalue weighted by Crippen LogP contribution is 2.31. The van der Waals surface area contributed by atoms with Crippen molar-refractivity contribution >= 4 is 40.3 Å². The zero-order valence-corrected chi connectivity index (χ0v) is 11.1. The third kappa shape index (κ3) is 2.27. The van der Waals surface area contributed by atoms with Crippen molar-refractivity contribution in [3.63, 3.8) is 0 Å². The van der Waals surface area contributed by atoms with E-state index in [4.69, 9.17) is 5.73 Å². The van der Waals surface area contributed by atoms with Gasteiger partial charge in [0.25, 0.3) is 5.91 Å². The van der Waals surface area contributed by atoms with Crippen molar-refractivity contribution in [2.24, 2.45) is 0 Å². The fourth-order valence-corrected chi connectivity index (χ4v) is 2.49. The van der Waals surface area contributed by atoms with Crippen LogP contribution in [0.2, 0.25) is 0 Å². The number of fused-ring (bicyclic) bond motifs is 1. The third-order valence-electron chi connectivity index (χ3n) is 3.55. The highest BCUT2D eigenvalue weighted by Gasteiger charge is 2.31. The number of nitrogen functional groups attached to an aromatic ring is 1. The molecule has 0 bridgehead atoms. The smallest absolute Gasteiger partial charge is 0.255 e. The maximum atomic E-state index is 11.9. The molecule has 21 heavy (non-hydrogen) atoms. The first-order valence-electron chi connectivity index (χ1n) is 6.49. The van der Waals surface area contributed by atoms with Crippen LogP contribution in [0.3, 0.4) is 0 Å². The van der Waals surface area contributed by atoms with Crippen LogP contribution in [-0.4, -0.2) is 35.1 Å². The largest absolute Gasteiger partial charge is 0.398 e.